The molecule has 1 aromatic carbocycles. The molecule has 0 radical (unpaired) electrons. The third kappa shape index (κ3) is 4.03. The Morgan fingerprint density at radius 3 is 2.82 bits per heavy atom. The summed E-state index contributed by atoms with van der Waals surface area (Å²) in [5.41, 5.74) is 0.310. The lowest BCUT2D eigenvalue weighted by molar-refractivity contribution is 0.0697. The number of carboxylic acids is 1. The number of rotatable bonds is 6. The first-order chi connectivity index (χ1) is 8.04. The van der Waals surface area contributed by atoms with Crippen molar-refractivity contribution < 1.29 is 19.4 Å². The van der Waals surface area contributed by atoms with Crippen molar-refractivity contribution in [3.63, 3.8) is 0 Å². The molecule has 0 aliphatic carbocycles. The summed E-state index contributed by atoms with van der Waals surface area (Å²) in [4.78, 5) is 10.9. The van der Waals surface area contributed by atoms with Crippen molar-refractivity contribution >= 4 is 11.7 Å². The summed E-state index contributed by atoms with van der Waals surface area (Å²) in [5, 5.41) is 20.6. The number of hydrogen-bond acceptors (Lipinski definition) is 3. The van der Waals surface area contributed by atoms with Gasteiger partial charge in [0.05, 0.1) is 5.56 Å². The highest BCUT2D eigenvalue weighted by molar-refractivity contribution is 5.94. The van der Waals surface area contributed by atoms with Crippen LogP contribution in [-0.2, 0) is 0 Å². The van der Waals surface area contributed by atoms with Gasteiger partial charge < -0.3 is 15.5 Å². The molecule has 0 aliphatic rings. The Labute approximate surface area is 99.1 Å². The standard InChI is InChI=1S/C12H16FNO3/c1-8(3-2-6-15)14-11-5-4-9(13)7-10(11)12(16)17/h4-5,7-8,14-15H,2-3,6H2,1H3,(H,16,17). The zero-order chi connectivity index (χ0) is 12.8. The summed E-state index contributed by atoms with van der Waals surface area (Å²) >= 11 is 0. The minimum Gasteiger partial charge on any atom is -0.478 e. The predicted molar refractivity (Wildman–Crippen MR) is 62.8 cm³/mol. The van der Waals surface area contributed by atoms with E-state index in [0.29, 0.717) is 18.5 Å². The third-order valence-corrected chi connectivity index (χ3v) is 2.41. The number of aliphatic hydroxyl groups is 1. The van der Waals surface area contributed by atoms with Gasteiger partial charge in [0, 0.05) is 18.3 Å². The molecule has 0 spiro atoms. The number of carbonyl (C=O) groups is 1. The van der Waals surface area contributed by atoms with Crippen LogP contribution in [0.1, 0.15) is 30.1 Å². The lowest BCUT2D eigenvalue weighted by Gasteiger charge is -2.16. The predicted octanol–water partition coefficient (Wildman–Crippen LogP) is 2.10. The van der Waals surface area contributed by atoms with Crippen LogP contribution >= 0.6 is 0 Å². The fourth-order valence-electron chi connectivity index (χ4n) is 1.55. The molecule has 94 valence electrons. The summed E-state index contributed by atoms with van der Waals surface area (Å²) in [7, 11) is 0. The molecule has 1 aromatic rings. The normalized spacial score (nSPS) is 12.2. The summed E-state index contributed by atoms with van der Waals surface area (Å²) in [5.74, 6) is -1.74. The summed E-state index contributed by atoms with van der Waals surface area (Å²) in [6, 6.07) is 3.64. The van der Waals surface area contributed by atoms with Crippen molar-refractivity contribution in [3.05, 3.63) is 29.6 Å². The Balaban J connectivity index is 2.79. The number of aromatic carboxylic acids is 1. The quantitative estimate of drug-likeness (QED) is 0.713. The third-order valence-electron chi connectivity index (χ3n) is 2.41. The number of halogens is 1. The van der Waals surface area contributed by atoms with Crippen LogP contribution in [-0.4, -0.2) is 28.8 Å². The van der Waals surface area contributed by atoms with E-state index in [4.69, 9.17) is 10.2 Å². The molecule has 4 nitrogen and oxygen atoms in total. The van der Waals surface area contributed by atoms with E-state index in [1.54, 1.807) is 0 Å². The number of hydrogen-bond donors (Lipinski definition) is 3. The maximum absolute atomic E-state index is 12.9. The van der Waals surface area contributed by atoms with E-state index in [0.717, 1.165) is 6.07 Å². The van der Waals surface area contributed by atoms with Gasteiger partial charge in [0.1, 0.15) is 5.82 Å². The van der Waals surface area contributed by atoms with Crippen molar-refractivity contribution in [2.75, 3.05) is 11.9 Å². The SMILES string of the molecule is CC(CCCO)Nc1ccc(F)cc1C(=O)O. The lowest BCUT2D eigenvalue weighted by Crippen LogP contribution is -2.17. The van der Waals surface area contributed by atoms with Crippen molar-refractivity contribution in [2.45, 2.75) is 25.8 Å². The van der Waals surface area contributed by atoms with Crippen molar-refractivity contribution in [3.8, 4) is 0 Å². The second-order valence-electron chi connectivity index (χ2n) is 3.91. The Bertz CT molecular complexity index is 395. The van der Waals surface area contributed by atoms with Gasteiger partial charge >= 0.3 is 5.97 Å². The van der Waals surface area contributed by atoms with Crippen LogP contribution in [0, 0.1) is 5.82 Å². The number of anilines is 1. The summed E-state index contributed by atoms with van der Waals surface area (Å²) in [6.07, 6.45) is 1.35. The first kappa shape index (κ1) is 13.4. The fraction of sp³-hybridized carbons (Fsp3) is 0.417. The molecule has 0 bridgehead atoms. The molecule has 0 saturated heterocycles. The maximum atomic E-state index is 12.9. The molecule has 0 heterocycles. The molecule has 0 fully saturated rings. The molecular formula is C12H16FNO3. The Kier molecular flexibility index (Phi) is 4.90. The molecule has 1 atom stereocenters. The van der Waals surface area contributed by atoms with Crippen LogP contribution in [0.25, 0.3) is 0 Å². The first-order valence-corrected chi connectivity index (χ1v) is 5.45. The van der Waals surface area contributed by atoms with E-state index < -0.39 is 11.8 Å². The molecule has 0 aliphatic heterocycles. The van der Waals surface area contributed by atoms with Crippen LogP contribution in [0.3, 0.4) is 0 Å². The van der Waals surface area contributed by atoms with Crippen LogP contribution in [0.5, 0.6) is 0 Å². The van der Waals surface area contributed by atoms with Gasteiger partial charge in [-0.25, -0.2) is 9.18 Å². The second-order valence-corrected chi connectivity index (χ2v) is 3.91. The van der Waals surface area contributed by atoms with Crippen LogP contribution in [0.2, 0.25) is 0 Å². The molecule has 0 aromatic heterocycles. The highest BCUT2D eigenvalue weighted by atomic mass is 19.1. The molecule has 1 rings (SSSR count). The minimum atomic E-state index is -1.17. The van der Waals surface area contributed by atoms with Gasteiger partial charge in [0.2, 0.25) is 0 Å². The zero-order valence-corrected chi connectivity index (χ0v) is 9.61. The summed E-state index contributed by atoms with van der Waals surface area (Å²) < 4.78 is 12.9. The van der Waals surface area contributed by atoms with Crippen molar-refractivity contribution in [2.24, 2.45) is 0 Å². The molecule has 5 heteroatoms. The molecule has 1 unspecified atom stereocenters. The van der Waals surface area contributed by atoms with Crippen molar-refractivity contribution in [1.82, 2.24) is 0 Å². The van der Waals surface area contributed by atoms with Gasteiger partial charge in [0.15, 0.2) is 0 Å². The molecule has 0 saturated carbocycles. The molecule has 17 heavy (non-hydrogen) atoms. The van der Waals surface area contributed by atoms with Gasteiger partial charge in [-0.15, -0.1) is 0 Å². The Hall–Kier alpha value is -1.62. The highest BCUT2D eigenvalue weighted by Crippen LogP contribution is 2.19. The van der Waals surface area contributed by atoms with Gasteiger partial charge in [0.25, 0.3) is 0 Å². The van der Waals surface area contributed by atoms with E-state index in [1.807, 2.05) is 6.92 Å². The minimum absolute atomic E-state index is 0.0192. The van der Waals surface area contributed by atoms with E-state index in [9.17, 15) is 9.18 Å². The van der Waals surface area contributed by atoms with E-state index in [-0.39, 0.29) is 18.2 Å². The van der Waals surface area contributed by atoms with Gasteiger partial charge in [-0.1, -0.05) is 0 Å². The van der Waals surface area contributed by atoms with Gasteiger partial charge in [-0.05, 0) is 38.0 Å². The summed E-state index contributed by atoms with van der Waals surface area (Å²) in [6.45, 7) is 1.98. The van der Waals surface area contributed by atoms with Crippen LogP contribution in [0.15, 0.2) is 18.2 Å². The smallest absolute Gasteiger partial charge is 0.337 e. The number of carboxylic acid groups (broad SMARTS) is 1. The Morgan fingerprint density at radius 1 is 1.53 bits per heavy atom. The van der Waals surface area contributed by atoms with Gasteiger partial charge in [-0.3, -0.25) is 0 Å². The topological polar surface area (TPSA) is 69.6 Å². The molecule has 3 N–H and O–H groups in total. The maximum Gasteiger partial charge on any atom is 0.337 e. The molecular weight excluding hydrogens is 225 g/mol. The first-order valence-electron chi connectivity index (χ1n) is 5.45. The van der Waals surface area contributed by atoms with E-state index in [2.05, 4.69) is 5.32 Å². The second kappa shape index (κ2) is 6.20. The zero-order valence-electron chi connectivity index (χ0n) is 9.61. The number of aliphatic hydroxyl groups excluding tert-OH is 1. The number of benzene rings is 1. The highest BCUT2D eigenvalue weighted by Gasteiger charge is 2.12. The monoisotopic (exact) mass is 241 g/mol. The average Bonchev–Trinajstić information content (AvgIpc) is 2.28. The lowest BCUT2D eigenvalue weighted by atomic mass is 10.1. The van der Waals surface area contributed by atoms with Gasteiger partial charge in [-0.2, -0.15) is 0 Å². The largest absolute Gasteiger partial charge is 0.478 e. The van der Waals surface area contributed by atoms with E-state index >= 15 is 0 Å². The van der Waals surface area contributed by atoms with Crippen LogP contribution < -0.4 is 5.32 Å². The molecule has 0 amide bonds. The number of nitrogens with one attached hydrogen (secondary N) is 1. The average molecular weight is 241 g/mol. The van der Waals surface area contributed by atoms with E-state index in [1.165, 1.54) is 12.1 Å². The Morgan fingerprint density at radius 2 is 2.24 bits per heavy atom. The van der Waals surface area contributed by atoms with Crippen LogP contribution in [0.4, 0.5) is 10.1 Å². The van der Waals surface area contributed by atoms with Crippen molar-refractivity contribution in [1.29, 1.82) is 0 Å². The fourth-order valence-corrected chi connectivity index (χ4v) is 1.55.